The normalized spacial score (nSPS) is 20.7. The Morgan fingerprint density at radius 1 is 0.800 bits per heavy atom. The Balaban J connectivity index is 1.78. The molecule has 0 N–H and O–H groups in total. The van der Waals surface area contributed by atoms with Crippen molar-refractivity contribution in [3.8, 4) is 0 Å². The first-order chi connectivity index (χ1) is 12.0. The molecule has 3 rings (SSSR count). The molecule has 25 heavy (non-hydrogen) atoms. The second-order valence-corrected chi connectivity index (χ2v) is 8.26. The predicted molar refractivity (Wildman–Crippen MR) is 96.5 cm³/mol. The van der Waals surface area contributed by atoms with Crippen LogP contribution < -0.4 is 0 Å². The second-order valence-electron chi connectivity index (χ2n) is 6.33. The number of unbranched alkanes of at least 4 members (excludes halogenated alkanes) is 5. The molecule has 3 heterocycles. The van der Waals surface area contributed by atoms with Crippen LogP contribution in [0.5, 0.6) is 0 Å². The first-order valence-corrected chi connectivity index (χ1v) is 10.7. The SMILES string of the molecule is CCCCCCCCC1C2=CC(=O)N(SSN3C(=O)C=C1C3=O)C2=O. The van der Waals surface area contributed by atoms with Gasteiger partial charge < -0.3 is 0 Å². The summed E-state index contributed by atoms with van der Waals surface area (Å²) in [4.78, 5) is 49.2. The number of carbonyl (C=O) groups excluding carboxylic acids is 4. The van der Waals surface area contributed by atoms with Gasteiger partial charge in [-0.25, -0.2) is 8.61 Å². The van der Waals surface area contributed by atoms with Crippen molar-refractivity contribution in [2.75, 3.05) is 0 Å². The van der Waals surface area contributed by atoms with E-state index in [4.69, 9.17) is 0 Å². The molecule has 0 aliphatic carbocycles. The Morgan fingerprint density at radius 3 is 1.80 bits per heavy atom. The molecule has 0 spiro atoms. The summed E-state index contributed by atoms with van der Waals surface area (Å²) in [7, 11) is 1.65. The molecule has 8 heteroatoms. The summed E-state index contributed by atoms with van der Waals surface area (Å²) in [5.74, 6) is -2.00. The van der Waals surface area contributed by atoms with Crippen LogP contribution in [0.25, 0.3) is 0 Å². The fourth-order valence-corrected chi connectivity index (χ4v) is 5.23. The first kappa shape index (κ1) is 18.3. The van der Waals surface area contributed by atoms with E-state index < -0.39 is 17.7 Å². The fourth-order valence-electron chi connectivity index (χ4n) is 3.26. The van der Waals surface area contributed by atoms with Crippen molar-refractivity contribution in [1.82, 2.24) is 8.61 Å². The largest absolute Gasteiger partial charge is 0.268 e. The maximum Gasteiger partial charge on any atom is 0.268 e. The highest BCUT2D eigenvalue weighted by Gasteiger charge is 2.45. The summed E-state index contributed by atoms with van der Waals surface area (Å²) < 4.78 is 2.05. The van der Waals surface area contributed by atoms with Gasteiger partial charge in [0, 0.05) is 29.2 Å². The van der Waals surface area contributed by atoms with Gasteiger partial charge in [-0.15, -0.1) is 0 Å². The van der Waals surface area contributed by atoms with Gasteiger partial charge in [0.15, 0.2) is 0 Å². The van der Waals surface area contributed by atoms with Crippen molar-refractivity contribution in [3.05, 3.63) is 23.3 Å². The molecule has 0 radical (unpaired) electrons. The molecular weight excluding hydrogens is 360 g/mol. The third-order valence-corrected chi connectivity index (χ3v) is 6.75. The van der Waals surface area contributed by atoms with Gasteiger partial charge in [0.05, 0.1) is 22.0 Å². The third-order valence-electron chi connectivity index (χ3n) is 4.60. The average Bonchev–Trinajstić information content (AvgIpc) is 3.02. The quantitative estimate of drug-likeness (QED) is 0.292. The summed E-state index contributed by atoms with van der Waals surface area (Å²) in [5.41, 5.74) is 0.672. The lowest BCUT2D eigenvalue weighted by atomic mass is 9.86. The lowest BCUT2D eigenvalue weighted by Crippen LogP contribution is -2.25. The molecule has 4 bridgehead atoms. The lowest BCUT2D eigenvalue weighted by molar-refractivity contribution is -0.132. The van der Waals surface area contributed by atoms with Crippen LogP contribution in [-0.4, -0.2) is 32.2 Å². The van der Waals surface area contributed by atoms with E-state index in [1.54, 1.807) is 0 Å². The minimum Gasteiger partial charge on any atom is -0.268 e. The Kier molecular flexibility index (Phi) is 5.68. The van der Waals surface area contributed by atoms with E-state index in [0.717, 1.165) is 49.8 Å². The van der Waals surface area contributed by atoms with Crippen LogP contribution in [0.2, 0.25) is 0 Å². The van der Waals surface area contributed by atoms with E-state index in [2.05, 4.69) is 6.92 Å². The molecule has 0 aromatic heterocycles. The molecule has 0 unspecified atom stereocenters. The third kappa shape index (κ3) is 3.55. The van der Waals surface area contributed by atoms with Crippen LogP contribution in [0, 0.1) is 5.92 Å². The van der Waals surface area contributed by atoms with Crippen molar-refractivity contribution >= 4 is 45.6 Å². The molecule has 4 amide bonds. The molecular formula is C17H20N2O4S2. The van der Waals surface area contributed by atoms with Gasteiger partial charge in [0.2, 0.25) is 0 Å². The van der Waals surface area contributed by atoms with Gasteiger partial charge in [0.25, 0.3) is 23.6 Å². The molecule has 1 fully saturated rings. The van der Waals surface area contributed by atoms with Gasteiger partial charge in [0.1, 0.15) is 0 Å². The maximum absolute atomic E-state index is 12.5. The molecule has 0 saturated carbocycles. The zero-order valence-electron chi connectivity index (χ0n) is 14.0. The molecule has 0 aromatic rings. The average molecular weight is 380 g/mol. The number of nitrogens with zero attached hydrogens (tertiary/aromatic N) is 2. The first-order valence-electron chi connectivity index (χ1n) is 8.59. The Labute approximate surface area is 154 Å². The van der Waals surface area contributed by atoms with Crippen LogP contribution in [0.3, 0.4) is 0 Å². The van der Waals surface area contributed by atoms with Crippen molar-refractivity contribution in [2.24, 2.45) is 5.92 Å². The van der Waals surface area contributed by atoms with E-state index in [1.807, 2.05) is 0 Å². The standard InChI is InChI=1S/C17H20N2O4S2/c1-2-3-4-5-6-7-8-11-12-9-14(20)18(16(12)22)24-25-19-15(21)10-13(11)17(19)23/h9-11H,2-8H2,1H3. The molecule has 0 atom stereocenters. The lowest BCUT2D eigenvalue weighted by Gasteiger charge is -2.17. The molecule has 3 aliphatic heterocycles. The van der Waals surface area contributed by atoms with E-state index in [1.165, 1.54) is 31.4 Å². The van der Waals surface area contributed by atoms with E-state index in [0.29, 0.717) is 17.6 Å². The van der Waals surface area contributed by atoms with Gasteiger partial charge in [-0.05, 0) is 6.42 Å². The molecule has 134 valence electrons. The Hall–Kier alpha value is -1.54. The monoisotopic (exact) mass is 380 g/mol. The molecule has 6 nitrogen and oxygen atoms in total. The zero-order valence-corrected chi connectivity index (χ0v) is 15.7. The van der Waals surface area contributed by atoms with E-state index in [-0.39, 0.29) is 11.8 Å². The van der Waals surface area contributed by atoms with Crippen LogP contribution in [0.15, 0.2) is 23.3 Å². The summed E-state index contributed by atoms with van der Waals surface area (Å²) in [5, 5.41) is 0. The number of fused-ring (bicyclic) bond motifs is 4. The number of amides is 4. The minimum atomic E-state index is -0.478. The molecule has 3 aliphatic rings. The number of carbonyl (C=O) groups is 4. The highest BCUT2D eigenvalue weighted by molar-refractivity contribution is 8.75. The van der Waals surface area contributed by atoms with Crippen LogP contribution in [0.1, 0.15) is 51.9 Å². The van der Waals surface area contributed by atoms with Crippen molar-refractivity contribution in [3.63, 3.8) is 0 Å². The topological polar surface area (TPSA) is 74.8 Å². The van der Waals surface area contributed by atoms with Crippen molar-refractivity contribution in [1.29, 1.82) is 0 Å². The van der Waals surface area contributed by atoms with Crippen LogP contribution >= 0.6 is 22.0 Å². The number of hydrogen-bond donors (Lipinski definition) is 0. The van der Waals surface area contributed by atoms with Gasteiger partial charge >= 0.3 is 0 Å². The number of rotatable bonds is 7. The van der Waals surface area contributed by atoms with Crippen molar-refractivity contribution < 1.29 is 19.2 Å². The second kappa shape index (κ2) is 7.78. The maximum atomic E-state index is 12.5. The summed E-state index contributed by atoms with van der Waals surface area (Å²) >= 11 is 0. The fraction of sp³-hybridized carbons (Fsp3) is 0.529. The van der Waals surface area contributed by atoms with Crippen LogP contribution in [-0.2, 0) is 19.2 Å². The highest BCUT2D eigenvalue weighted by Crippen LogP contribution is 2.44. The molecule has 0 aromatic carbocycles. The minimum absolute atomic E-state index is 0.336. The summed E-state index contributed by atoms with van der Waals surface area (Å²) in [6, 6.07) is 0. The molecule has 1 saturated heterocycles. The highest BCUT2D eigenvalue weighted by atomic mass is 33.1. The zero-order chi connectivity index (χ0) is 18.0. The summed E-state index contributed by atoms with van der Waals surface area (Å²) in [6.45, 7) is 2.16. The van der Waals surface area contributed by atoms with Crippen molar-refractivity contribution in [2.45, 2.75) is 51.9 Å². The Morgan fingerprint density at radius 2 is 1.28 bits per heavy atom. The van der Waals surface area contributed by atoms with E-state index in [9.17, 15) is 19.2 Å². The van der Waals surface area contributed by atoms with E-state index >= 15 is 0 Å². The number of hydrogen-bond acceptors (Lipinski definition) is 6. The van der Waals surface area contributed by atoms with Gasteiger partial charge in [-0.3, -0.25) is 19.2 Å². The van der Waals surface area contributed by atoms with Gasteiger partial charge in [-0.1, -0.05) is 45.4 Å². The Bertz CT molecular complexity index is 636. The predicted octanol–water partition coefficient (Wildman–Crippen LogP) is 3.17. The summed E-state index contributed by atoms with van der Waals surface area (Å²) in [6.07, 6.45) is 9.78. The van der Waals surface area contributed by atoms with Crippen LogP contribution in [0.4, 0.5) is 0 Å². The van der Waals surface area contributed by atoms with Gasteiger partial charge in [-0.2, -0.15) is 0 Å². The number of imide groups is 2. The smallest absolute Gasteiger partial charge is 0.268 e.